The van der Waals surface area contributed by atoms with Crippen molar-refractivity contribution in [3.63, 3.8) is 0 Å². The molecule has 1 aliphatic carbocycles. The largest absolute Gasteiger partial charge is 0.478 e. The molecule has 0 saturated heterocycles. The minimum absolute atomic E-state index is 0.0152. The van der Waals surface area contributed by atoms with E-state index in [0.29, 0.717) is 42.0 Å². The lowest BCUT2D eigenvalue weighted by Gasteiger charge is -2.28. The number of hydrogen-bond donors (Lipinski definition) is 1. The Morgan fingerprint density at radius 1 is 1.33 bits per heavy atom. The van der Waals surface area contributed by atoms with E-state index in [4.69, 9.17) is 0 Å². The number of pyridine rings is 1. The lowest BCUT2D eigenvalue weighted by Crippen LogP contribution is -2.26. The van der Waals surface area contributed by atoms with Gasteiger partial charge in [-0.25, -0.2) is 27.0 Å². The number of carboxylic acids is 1. The second-order valence-corrected chi connectivity index (χ2v) is 9.60. The third kappa shape index (κ3) is 4.45. The average Bonchev–Trinajstić information content (AvgIpc) is 2.85. The van der Waals surface area contributed by atoms with Gasteiger partial charge in [-0.2, -0.15) is 0 Å². The lowest BCUT2D eigenvalue weighted by molar-refractivity contribution is -0.0457. The second kappa shape index (κ2) is 6.85. The van der Waals surface area contributed by atoms with Crippen LogP contribution in [-0.4, -0.2) is 41.1 Å². The first kappa shape index (κ1) is 19.7. The number of nitrogens with zero attached hydrogens (tertiary/aromatic N) is 2. The number of aromatic carboxylic acids is 1. The van der Waals surface area contributed by atoms with E-state index in [-0.39, 0.29) is 30.1 Å². The van der Waals surface area contributed by atoms with Gasteiger partial charge in [-0.05, 0) is 44.2 Å². The molecule has 1 saturated carbocycles. The third-order valence-corrected chi connectivity index (χ3v) is 5.85. The van der Waals surface area contributed by atoms with Crippen LogP contribution in [0.3, 0.4) is 0 Å². The molecule has 0 radical (unpaired) electrons. The number of aromatic nitrogens is 2. The molecule has 0 amide bonds. The van der Waals surface area contributed by atoms with Crippen molar-refractivity contribution in [3.8, 4) is 0 Å². The Balaban J connectivity index is 2.05. The van der Waals surface area contributed by atoms with Crippen LogP contribution in [0.4, 0.5) is 8.78 Å². The monoisotopic (exact) mass is 400 g/mol. The van der Waals surface area contributed by atoms with Crippen LogP contribution in [0.2, 0.25) is 0 Å². The number of sulfone groups is 1. The lowest BCUT2D eigenvalue weighted by atomic mass is 9.84. The quantitative estimate of drug-likeness (QED) is 0.832. The Hall–Kier alpha value is -2.03. The van der Waals surface area contributed by atoms with E-state index in [0.717, 1.165) is 6.26 Å². The van der Waals surface area contributed by atoms with E-state index in [2.05, 4.69) is 4.98 Å². The van der Waals surface area contributed by atoms with Crippen molar-refractivity contribution in [1.82, 2.24) is 9.38 Å². The molecule has 2 aromatic heterocycles. The van der Waals surface area contributed by atoms with Crippen LogP contribution < -0.4 is 0 Å². The Bertz CT molecular complexity index is 988. The molecule has 0 aliphatic heterocycles. The van der Waals surface area contributed by atoms with E-state index in [1.807, 2.05) is 0 Å². The summed E-state index contributed by atoms with van der Waals surface area (Å²) < 4.78 is 52.3. The number of fused-ring (bicyclic) bond motifs is 1. The minimum atomic E-state index is -3.36. The number of aryl methyl sites for hydroxylation is 1. The Morgan fingerprint density at radius 2 is 1.96 bits per heavy atom. The Morgan fingerprint density at radius 3 is 2.52 bits per heavy atom. The molecule has 0 atom stereocenters. The summed E-state index contributed by atoms with van der Waals surface area (Å²) in [5.74, 6) is -3.97. The van der Waals surface area contributed by atoms with Gasteiger partial charge in [-0.15, -0.1) is 0 Å². The third-order valence-electron chi connectivity index (χ3n) is 5.05. The first-order valence-electron chi connectivity index (χ1n) is 8.75. The number of carbonyl (C=O) groups is 1. The van der Waals surface area contributed by atoms with Gasteiger partial charge in [0.1, 0.15) is 5.65 Å². The zero-order valence-electron chi connectivity index (χ0n) is 15.2. The van der Waals surface area contributed by atoms with Gasteiger partial charge in [0.25, 0.3) is 0 Å². The molecule has 3 rings (SSSR count). The fourth-order valence-electron chi connectivity index (χ4n) is 3.75. The van der Waals surface area contributed by atoms with Crippen molar-refractivity contribution in [3.05, 3.63) is 34.8 Å². The summed E-state index contributed by atoms with van der Waals surface area (Å²) in [5, 5.41) is 9.24. The summed E-state index contributed by atoms with van der Waals surface area (Å²) in [7, 11) is -3.36. The molecule has 1 fully saturated rings. The molecule has 0 aromatic carbocycles. The number of hydrogen-bond acceptors (Lipinski definition) is 4. The number of alkyl halides is 2. The molecule has 9 heteroatoms. The number of imidazole rings is 1. The van der Waals surface area contributed by atoms with Gasteiger partial charge in [-0.1, -0.05) is 0 Å². The zero-order chi connectivity index (χ0) is 20.0. The van der Waals surface area contributed by atoms with Crippen molar-refractivity contribution in [2.75, 3.05) is 6.26 Å². The van der Waals surface area contributed by atoms with Gasteiger partial charge in [0.15, 0.2) is 9.84 Å². The average molecular weight is 400 g/mol. The molecular formula is C18H22F2N2O4S. The molecular weight excluding hydrogens is 378 g/mol. The SMILES string of the molecule is Cc1cc(C(=O)O)cc2nc(CS(C)(=O)=O)c(CC3CCC(F)(F)CC3)n12. The highest BCUT2D eigenvalue weighted by atomic mass is 32.2. The topological polar surface area (TPSA) is 88.7 Å². The molecule has 0 unspecified atom stereocenters. The highest BCUT2D eigenvalue weighted by Gasteiger charge is 2.35. The standard InChI is InChI=1S/C18H22F2N2O4S/c1-11-7-13(17(23)24)9-16-21-14(10-27(2,25)26)15(22(11)16)8-12-3-5-18(19,20)6-4-12/h7,9,12H,3-6,8,10H2,1-2H3,(H,23,24). The summed E-state index contributed by atoms with van der Waals surface area (Å²) in [4.78, 5) is 15.7. The normalized spacial score (nSPS) is 18.1. The molecule has 148 valence electrons. The number of rotatable bonds is 5. The van der Waals surface area contributed by atoms with Crippen LogP contribution in [0.15, 0.2) is 12.1 Å². The van der Waals surface area contributed by atoms with E-state index < -0.39 is 21.7 Å². The van der Waals surface area contributed by atoms with Crippen LogP contribution in [-0.2, 0) is 22.0 Å². The minimum Gasteiger partial charge on any atom is -0.478 e. The van der Waals surface area contributed by atoms with Gasteiger partial charge in [0, 0.05) is 30.5 Å². The fourth-order valence-corrected chi connectivity index (χ4v) is 4.48. The number of carboxylic acid groups (broad SMARTS) is 1. The molecule has 6 nitrogen and oxygen atoms in total. The molecule has 0 spiro atoms. The zero-order valence-corrected chi connectivity index (χ0v) is 16.0. The van der Waals surface area contributed by atoms with Crippen molar-refractivity contribution >= 4 is 21.5 Å². The van der Waals surface area contributed by atoms with Crippen molar-refractivity contribution < 1.29 is 27.1 Å². The summed E-state index contributed by atoms with van der Waals surface area (Å²) in [6.45, 7) is 1.73. The molecule has 2 heterocycles. The molecule has 1 aliphatic rings. The first-order chi connectivity index (χ1) is 12.5. The van der Waals surface area contributed by atoms with Crippen molar-refractivity contribution in [2.45, 2.75) is 50.7 Å². The van der Waals surface area contributed by atoms with Crippen LogP contribution in [0.1, 0.15) is 53.1 Å². The van der Waals surface area contributed by atoms with Crippen LogP contribution >= 0.6 is 0 Å². The van der Waals surface area contributed by atoms with E-state index in [1.165, 1.54) is 12.1 Å². The summed E-state index contributed by atoms with van der Waals surface area (Å²) >= 11 is 0. The smallest absolute Gasteiger partial charge is 0.335 e. The van der Waals surface area contributed by atoms with Gasteiger partial charge in [0.2, 0.25) is 5.92 Å². The Kier molecular flexibility index (Phi) is 5.00. The van der Waals surface area contributed by atoms with Crippen molar-refractivity contribution in [2.24, 2.45) is 5.92 Å². The Labute approximate surface area is 156 Å². The van der Waals surface area contributed by atoms with Crippen LogP contribution in [0.25, 0.3) is 5.65 Å². The van der Waals surface area contributed by atoms with Crippen molar-refractivity contribution in [1.29, 1.82) is 0 Å². The van der Waals surface area contributed by atoms with Gasteiger partial charge >= 0.3 is 5.97 Å². The van der Waals surface area contributed by atoms with E-state index in [9.17, 15) is 27.1 Å². The highest BCUT2D eigenvalue weighted by molar-refractivity contribution is 7.89. The van der Waals surface area contributed by atoms with Gasteiger partial charge < -0.3 is 9.51 Å². The maximum atomic E-state index is 13.4. The first-order valence-corrected chi connectivity index (χ1v) is 10.8. The maximum Gasteiger partial charge on any atom is 0.335 e. The molecule has 27 heavy (non-hydrogen) atoms. The maximum absolute atomic E-state index is 13.4. The van der Waals surface area contributed by atoms with Gasteiger partial charge in [-0.3, -0.25) is 0 Å². The van der Waals surface area contributed by atoms with E-state index in [1.54, 1.807) is 11.3 Å². The summed E-state index contributed by atoms with van der Waals surface area (Å²) in [5.41, 5.74) is 2.08. The van der Waals surface area contributed by atoms with Gasteiger partial charge in [0.05, 0.1) is 17.0 Å². The van der Waals surface area contributed by atoms with Crippen LogP contribution in [0, 0.1) is 12.8 Å². The predicted octanol–water partition coefficient (Wildman–Crippen LogP) is 3.25. The highest BCUT2D eigenvalue weighted by Crippen LogP contribution is 2.38. The predicted molar refractivity (Wildman–Crippen MR) is 96.0 cm³/mol. The summed E-state index contributed by atoms with van der Waals surface area (Å²) in [6, 6.07) is 2.90. The van der Waals surface area contributed by atoms with E-state index >= 15 is 0 Å². The molecule has 1 N–H and O–H groups in total. The number of halogens is 2. The fraction of sp³-hybridized carbons (Fsp3) is 0.556. The summed E-state index contributed by atoms with van der Waals surface area (Å²) in [6.07, 6.45) is 1.94. The molecule has 0 bridgehead atoms. The van der Waals surface area contributed by atoms with Crippen LogP contribution in [0.5, 0.6) is 0 Å². The molecule has 2 aromatic rings. The second-order valence-electron chi connectivity index (χ2n) is 7.46.